The lowest BCUT2D eigenvalue weighted by molar-refractivity contribution is 0.0897. The van der Waals surface area contributed by atoms with Crippen LogP contribution in [0.3, 0.4) is 0 Å². The van der Waals surface area contributed by atoms with Gasteiger partial charge in [0.25, 0.3) is 5.91 Å². The number of carbonyl (C=O) groups excluding carboxylic acids is 2. The Kier molecular flexibility index (Phi) is 5.74. The molecule has 1 aromatic heterocycles. The van der Waals surface area contributed by atoms with Crippen LogP contribution in [0.2, 0.25) is 0 Å². The summed E-state index contributed by atoms with van der Waals surface area (Å²) in [5.41, 5.74) is 9.00. The number of hydrogen-bond donors (Lipinski definition) is 1. The molecule has 1 amide bonds. The van der Waals surface area contributed by atoms with Crippen molar-refractivity contribution in [3.05, 3.63) is 58.0 Å². The molecule has 3 rings (SSSR count). The summed E-state index contributed by atoms with van der Waals surface area (Å²) in [7, 11) is 0. The molecule has 0 saturated carbocycles. The molecule has 0 saturated heterocycles. The number of carbonyl (C=O) groups is 2. The summed E-state index contributed by atoms with van der Waals surface area (Å²) in [4.78, 5) is 23.1. The van der Waals surface area contributed by atoms with E-state index >= 15 is 0 Å². The van der Waals surface area contributed by atoms with E-state index in [0.717, 1.165) is 0 Å². The van der Waals surface area contributed by atoms with Crippen molar-refractivity contribution in [2.75, 3.05) is 0 Å². The lowest BCUT2D eigenvalue weighted by Gasteiger charge is -2.27. The minimum atomic E-state index is -0.613. The molecular weight excluding hydrogens is 326 g/mol. The zero-order valence-corrected chi connectivity index (χ0v) is 16.6. The fourth-order valence-corrected chi connectivity index (χ4v) is 3.27. The van der Waals surface area contributed by atoms with E-state index in [0.29, 0.717) is 35.6 Å². The van der Waals surface area contributed by atoms with Gasteiger partial charge in [-0.25, -0.2) is 0 Å². The second kappa shape index (κ2) is 7.48. The molecule has 0 atom stereocenters. The normalized spacial score (nSPS) is 15.3. The molecule has 140 valence electrons. The largest absolute Gasteiger partial charge is 0.455 e. The van der Waals surface area contributed by atoms with E-state index < -0.39 is 5.91 Å². The molecule has 1 aromatic carbocycles. The molecule has 0 radical (unpaired) electrons. The van der Waals surface area contributed by atoms with Crippen LogP contribution in [0, 0.1) is 19.3 Å². The number of benzene rings is 1. The third kappa shape index (κ3) is 4.43. The van der Waals surface area contributed by atoms with Crippen LogP contribution < -0.4 is 5.73 Å². The third-order valence-corrected chi connectivity index (χ3v) is 4.74. The Morgan fingerprint density at radius 1 is 1.12 bits per heavy atom. The summed E-state index contributed by atoms with van der Waals surface area (Å²) in [6.07, 6.45) is 1.15. The molecule has 1 aliphatic rings. The number of aryl methyl sites for hydroxylation is 1. The van der Waals surface area contributed by atoms with Crippen LogP contribution in [-0.2, 0) is 6.42 Å². The number of fused-ring (bicyclic) bond motifs is 1. The molecule has 0 aliphatic heterocycles. The number of Topliss-reactive ketones (excluding diaryl/α,β-unsaturated/α-hetero) is 1. The quantitative estimate of drug-likeness (QED) is 0.827. The van der Waals surface area contributed by atoms with E-state index in [-0.39, 0.29) is 17.0 Å². The van der Waals surface area contributed by atoms with Gasteiger partial charge in [-0.2, -0.15) is 0 Å². The van der Waals surface area contributed by atoms with Crippen molar-refractivity contribution < 1.29 is 14.0 Å². The zero-order chi connectivity index (χ0) is 19.6. The zero-order valence-electron chi connectivity index (χ0n) is 16.6. The van der Waals surface area contributed by atoms with E-state index in [1.807, 2.05) is 13.8 Å². The molecule has 0 fully saturated rings. The van der Waals surface area contributed by atoms with Crippen LogP contribution in [0.4, 0.5) is 0 Å². The number of amides is 1. The average Bonchev–Trinajstić information content (AvgIpc) is 2.84. The maximum atomic E-state index is 11.9. The highest BCUT2D eigenvalue weighted by atomic mass is 16.4. The minimum absolute atomic E-state index is 0.0417. The van der Waals surface area contributed by atoms with Crippen molar-refractivity contribution in [1.82, 2.24) is 0 Å². The Labute approximate surface area is 155 Å². The molecule has 1 heterocycles. The number of furan rings is 1. The van der Waals surface area contributed by atoms with Gasteiger partial charge in [0.15, 0.2) is 11.5 Å². The van der Waals surface area contributed by atoms with E-state index in [4.69, 9.17) is 10.2 Å². The molecule has 2 aromatic rings. The van der Waals surface area contributed by atoms with E-state index in [2.05, 4.69) is 45.0 Å². The Bertz CT molecular complexity index is 811. The molecule has 4 heteroatoms. The van der Waals surface area contributed by atoms with Gasteiger partial charge in [-0.15, -0.1) is 0 Å². The highest BCUT2D eigenvalue weighted by molar-refractivity contribution is 6.03. The van der Waals surface area contributed by atoms with Gasteiger partial charge in [-0.1, -0.05) is 57.5 Å². The SMILES string of the molecule is Cc1c(C(N)=O)oc2c1C(=O)CC(C)(C)C2.Cc1ccc(C(C)C)cc1. The van der Waals surface area contributed by atoms with Gasteiger partial charge in [0.1, 0.15) is 5.76 Å². The molecule has 0 unspecified atom stereocenters. The summed E-state index contributed by atoms with van der Waals surface area (Å²) in [5, 5.41) is 0. The van der Waals surface area contributed by atoms with Crippen LogP contribution >= 0.6 is 0 Å². The Balaban J connectivity index is 0.000000209. The Morgan fingerprint density at radius 2 is 1.69 bits per heavy atom. The van der Waals surface area contributed by atoms with Crippen molar-refractivity contribution in [2.45, 2.75) is 60.3 Å². The van der Waals surface area contributed by atoms with Crippen molar-refractivity contribution in [3.8, 4) is 0 Å². The monoisotopic (exact) mass is 355 g/mol. The van der Waals surface area contributed by atoms with Crippen molar-refractivity contribution in [1.29, 1.82) is 0 Å². The second-order valence-electron chi connectivity index (χ2n) is 8.22. The molecular formula is C22H29NO3. The lowest BCUT2D eigenvalue weighted by atomic mass is 9.76. The second-order valence-corrected chi connectivity index (χ2v) is 8.22. The third-order valence-electron chi connectivity index (χ3n) is 4.74. The first-order valence-electron chi connectivity index (χ1n) is 9.03. The Hall–Kier alpha value is -2.36. The van der Waals surface area contributed by atoms with Crippen molar-refractivity contribution in [2.24, 2.45) is 11.1 Å². The van der Waals surface area contributed by atoms with E-state index in [1.54, 1.807) is 6.92 Å². The molecule has 1 aliphatic carbocycles. The first-order chi connectivity index (χ1) is 12.0. The van der Waals surface area contributed by atoms with Crippen LogP contribution in [0.1, 0.15) is 83.4 Å². The number of rotatable bonds is 2. The van der Waals surface area contributed by atoms with E-state index in [1.165, 1.54) is 11.1 Å². The van der Waals surface area contributed by atoms with Crippen molar-refractivity contribution in [3.63, 3.8) is 0 Å². The Morgan fingerprint density at radius 3 is 2.19 bits per heavy atom. The highest BCUT2D eigenvalue weighted by Gasteiger charge is 2.36. The summed E-state index contributed by atoms with van der Waals surface area (Å²) < 4.78 is 5.41. The van der Waals surface area contributed by atoms with Gasteiger partial charge < -0.3 is 10.2 Å². The fourth-order valence-electron chi connectivity index (χ4n) is 3.27. The van der Waals surface area contributed by atoms with Gasteiger partial charge in [0.2, 0.25) is 0 Å². The van der Waals surface area contributed by atoms with Crippen LogP contribution in [0.5, 0.6) is 0 Å². The maximum Gasteiger partial charge on any atom is 0.284 e. The number of ketones is 1. The van der Waals surface area contributed by atoms with Gasteiger partial charge >= 0.3 is 0 Å². The summed E-state index contributed by atoms with van der Waals surface area (Å²) in [6.45, 7) is 12.3. The van der Waals surface area contributed by atoms with Crippen LogP contribution in [0.25, 0.3) is 0 Å². The lowest BCUT2D eigenvalue weighted by Crippen LogP contribution is -2.26. The molecule has 0 spiro atoms. The number of hydrogen-bond acceptors (Lipinski definition) is 3. The van der Waals surface area contributed by atoms with E-state index in [9.17, 15) is 9.59 Å². The van der Waals surface area contributed by atoms with Gasteiger partial charge in [0, 0.05) is 18.4 Å². The molecule has 2 N–H and O–H groups in total. The standard InChI is InChI=1S/C12H15NO3.C10H14/c1-6-9-7(14)4-12(2,3)5-8(9)16-10(6)11(13)15;1-8(2)10-6-4-9(3)5-7-10/h4-5H2,1-3H3,(H2,13,15);4-8H,1-3H3. The van der Waals surface area contributed by atoms with Crippen LogP contribution in [0.15, 0.2) is 28.7 Å². The van der Waals surface area contributed by atoms with Gasteiger partial charge in [0.05, 0.1) is 5.56 Å². The highest BCUT2D eigenvalue weighted by Crippen LogP contribution is 2.38. The van der Waals surface area contributed by atoms with Gasteiger partial charge in [-0.3, -0.25) is 9.59 Å². The van der Waals surface area contributed by atoms with Crippen LogP contribution in [-0.4, -0.2) is 11.7 Å². The first-order valence-corrected chi connectivity index (χ1v) is 9.03. The summed E-state index contributed by atoms with van der Waals surface area (Å²) in [6, 6.07) is 8.71. The maximum absolute atomic E-state index is 11.9. The first kappa shape index (κ1) is 20.0. The summed E-state index contributed by atoms with van der Waals surface area (Å²) in [5.74, 6) is 0.807. The topological polar surface area (TPSA) is 73.3 Å². The minimum Gasteiger partial charge on any atom is -0.455 e. The molecule has 0 bridgehead atoms. The average molecular weight is 355 g/mol. The predicted octanol–water partition coefficient (Wildman–Crippen LogP) is 4.96. The fraction of sp³-hybridized carbons (Fsp3) is 0.455. The summed E-state index contributed by atoms with van der Waals surface area (Å²) >= 11 is 0. The van der Waals surface area contributed by atoms with Gasteiger partial charge in [-0.05, 0) is 30.7 Å². The molecule has 4 nitrogen and oxygen atoms in total. The number of nitrogens with two attached hydrogens (primary N) is 1. The predicted molar refractivity (Wildman–Crippen MR) is 104 cm³/mol. The smallest absolute Gasteiger partial charge is 0.284 e. The number of primary amides is 1. The van der Waals surface area contributed by atoms with Crippen molar-refractivity contribution >= 4 is 11.7 Å². The molecule has 26 heavy (non-hydrogen) atoms.